The Morgan fingerprint density at radius 1 is 0.952 bits per heavy atom. The molecule has 3 aromatic carbocycles. The van der Waals surface area contributed by atoms with Crippen LogP contribution in [0.25, 0.3) is 0 Å². The highest BCUT2D eigenvalue weighted by Gasteiger charge is 2.34. The fourth-order valence-electron chi connectivity index (χ4n) is 4.16. The van der Waals surface area contributed by atoms with Gasteiger partial charge in [0.25, 0.3) is 10.0 Å². The third-order valence-corrected chi connectivity index (χ3v) is 9.02. The molecule has 0 bridgehead atoms. The lowest BCUT2D eigenvalue weighted by molar-refractivity contribution is -0.139. The Balaban J connectivity index is 2.08. The smallest absolute Gasteiger partial charge is 0.264 e. The second kappa shape index (κ2) is 14.8. The second-order valence-corrected chi connectivity index (χ2v) is 13.0. The number of nitrogens with zero attached hydrogens (tertiary/aromatic N) is 2. The van der Waals surface area contributed by atoms with Crippen molar-refractivity contribution in [3.05, 3.63) is 87.9 Å². The van der Waals surface area contributed by atoms with Crippen LogP contribution in [-0.2, 0) is 26.2 Å². The predicted octanol–water partition coefficient (Wildman–Crippen LogP) is 6.09. The number of sulfonamides is 1. The number of halogens is 2. The van der Waals surface area contributed by atoms with E-state index < -0.39 is 28.5 Å². The van der Waals surface area contributed by atoms with Gasteiger partial charge in [0.15, 0.2) is 0 Å². The van der Waals surface area contributed by atoms with Crippen molar-refractivity contribution in [3.8, 4) is 5.75 Å². The maximum Gasteiger partial charge on any atom is 0.264 e. The van der Waals surface area contributed by atoms with E-state index in [9.17, 15) is 18.0 Å². The van der Waals surface area contributed by atoms with Crippen molar-refractivity contribution < 1.29 is 22.7 Å². The Morgan fingerprint density at radius 2 is 1.62 bits per heavy atom. The van der Waals surface area contributed by atoms with Gasteiger partial charge in [0.1, 0.15) is 18.3 Å². The van der Waals surface area contributed by atoms with Crippen LogP contribution in [0.5, 0.6) is 5.75 Å². The van der Waals surface area contributed by atoms with E-state index >= 15 is 0 Å². The molecule has 1 N–H and O–H groups in total. The van der Waals surface area contributed by atoms with Crippen molar-refractivity contribution in [2.75, 3.05) is 24.0 Å². The van der Waals surface area contributed by atoms with E-state index in [4.69, 9.17) is 27.9 Å². The Labute approximate surface area is 258 Å². The minimum absolute atomic E-state index is 0.00247. The van der Waals surface area contributed by atoms with Gasteiger partial charge in [-0.1, -0.05) is 72.9 Å². The highest BCUT2D eigenvalue weighted by molar-refractivity contribution is 7.92. The number of aryl methyl sites for hydroxylation is 1. The molecule has 0 saturated heterocycles. The number of amides is 2. The van der Waals surface area contributed by atoms with Crippen LogP contribution < -0.4 is 14.4 Å². The summed E-state index contributed by atoms with van der Waals surface area (Å²) < 4.78 is 34.9. The summed E-state index contributed by atoms with van der Waals surface area (Å²) in [5, 5.41) is 3.51. The summed E-state index contributed by atoms with van der Waals surface area (Å²) >= 11 is 12.3. The lowest BCUT2D eigenvalue weighted by atomic mass is 10.1. The minimum Gasteiger partial charge on any atom is -0.492 e. The van der Waals surface area contributed by atoms with Crippen LogP contribution in [0.4, 0.5) is 5.69 Å². The highest BCUT2D eigenvalue weighted by atomic mass is 35.5. The summed E-state index contributed by atoms with van der Waals surface area (Å²) in [6, 6.07) is 17.0. The maximum atomic E-state index is 14.1. The molecular weight excluding hydrogens is 597 g/mol. The molecule has 0 fully saturated rings. The number of benzene rings is 3. The molecule has 0 aliphatic rings. The molecule has 1 unspecified atom stereocenters. The van der Waals surface area contributed by atoms with Crippen LogP contribution in [0, 0.1) is 12.8 Å². The molecule has 11 heteroatoms. The standard InChI is InChI=1S/C31H37Cl2N3O5S/c1-6-41-29-10-8-7-9-28(29)36(42(39,40)25-14-11-22(4)12-15-25)20-30(37)35(23(5)31(38)34-18-21(2)3)19-24-13-16-26(32)27(33)17-24/h7-17,21,23H,6,18-20H2,1-5H3,(H,34,38). The lowest BCUT2D eigenvalue weighted by Crippen LogP contribution is -2.51. The van der Waals surface area contributed by atoms with E-state index in [0.717, 1.165) is 9.87 Å². The number of hydrogen-bond acceptors (Lipinski definition) is 5. The SMILES string of the molecule is CCOc1ccccc1N(CC(=O)N(Cc1ccc(Cl)c(Cl)c1)C(C)C(=O)NCC(C)C)S(=O)(=O)c1ccc(C)cc1. The van der Waals surface area contributed by atoms with Gasteiger partial charge in [-0.3, -0.25) is 13.9 Å². The molecule has 0 aliphatic heterocycles. The summed E-state index contributed by atoms with van der Waals surface area (Å²) in [5.74, 6) is -0.442. The van der Waals surface area contributed by atoms with Gasteiger partial charge in [0.2, 0.25) is 11.8 Å². The summed E-state index contributed by atoms with van der Waals surface area (Å²) in [4.78, 5) is 28.6. The maximum absolute atomic E-state index is 14.1. The Bertz CT molecular complexity index is 1500. The number of rotatable bonds is 13. The number of carbonyl (C=O) groups excluding carboxylic acids is 2. The van der Waals surface area contributed by atoms with Crippen molar-refractivity contribution in [1.29, 1.82) is 0 Å². The predicted molar refractivity (Wildman–Crippen MR) is 168 cm³/mol. The minimum atomic E-state index is -4.23. The van der Waals surface area contributed by atoms with Crippen LogP contribution in [0.3, 0.4) is 0 Å². The fourth-order valence-corrected chi connectivity index (χ4v) is 5.91. The molecule has 0 radical (unpaired) electrons. The van der Waals surface area contributed by atoms with Gasteiger partial charge in [-0.15, -0.1) is 0 Å². The largest absolute Gasteiger partial charge is 0.492 e. The molecule has 226 valence electrons. The monoisotopic (exact) mass is 633 g/mol. The molecule has 8 nitrogen and oxygen atoms in total. The van der Waals surface area contributed by atoms with Gasteiger partial charge in [-0.05, 0) is 68.7 Å². The van der Waals surface area contributed by atoms with E-state index in [1.807, 2.05) is 20.8 Å². The fraction of sp³-hybridized carbons (Fsp3) is 0.355. The molecule has 0 spiro atoms. The van der Waals surface area contributed by atoms with Crippen molar-refractivity contribution in [3.63, 3.8) is 0 Å². The van der Waals surface area contributed by atoms with Crippen molar-refractivity contribution in [2.45, 2.75) is 52.1 Å². The van der Waals surface area contributed by atoms with Crippen LogP contribution in [0.2, 0.25) is 10.0 Å². The van der Waals surface area contributed by atoms with Gasteiger partial charge in [-0.2, -0.15) is 0 Å². The third kappa shape index (κ3) is 8.40. The molecular formula is C31H37Cl2N3O5S. The number of anilines is 1. The zero-order chi connectivity index (χ0) is 31.0. The van der Waals surface area contributed by atoms with E-state index in [2.05, 4.69) is 5.32 Å². The number of hydrogen-bond donors (Lipinski definition) is 1. The molecule has 0 aliphatic carbocycles. The summed E-state index contributed by atoms with van der Waals surface area (Å²) in [6.07, 6.45) is 0. The van der Waals surface area contributed by atoms with Crippen molar-refractivity contribution >= 4 is 50.7 Å². The first-order valence-electron chi connectivity index (χ1n) is 13.7. The summed E-state index contributed by atoms with van der Waals surface area (Å²) in [7, 11) is -4.23. The summed E-state index contributed by atoms with van der Waals surface area (Å²) in [5.41, 5.74) is 1.73. The highest BCUT2D eigenvalue weighted by Crippen LogP contribution is 2.33. The lowest BCUT2D eigenvalue weighted by Gasteiger charge is -2.32. The average Bonchev–Trinajstić information content (AvgIpc) is 2.95. The molecule has 0 aromatic heterocycles. The Kier molecular flexibility index (Phi) is 11.7. The molecule has 2 amide bonds. The third-order valence-electron chi connectivity index (χ3n) is 6.51. The number of nitrogens with one attached hydrogen (secondary N) is 1. The Hall–Kier alpha value is -3.27. The first-order chi connectivity index (χ1) is 19.8. The quantitative estimate of drug-likeness (QED) is 0.246. The van der Waals surface area contributed by atoms with Crippen molar-refractivity contribution in [2.24, 2.45) is 5.92 Å². The first-order valence-corrected chi connectivity index (χ1v) is 15.9. The van der Waals surface area contributed by atoms with Gasteiger partial charge >= 0.3 is 0 Å². The first kappa shape index (κ1) is 33.2. The zero-order valence-electron chi connectivity index (χ0n) is 24.4. The zero-order valence-corrected chi connectivity index (χ0v) is 26.8. The number of para-hydroxylation sites is 2. The molecule has 0 heterocycles. The normalized spacial score (nSPS) is 12.1. The van der Waals surface area contributed by atoms with Crippen LogP contribution in [0.15, 0.2) is 71.6 Å². The Morgan fingerprint density at radius 3 is 2.24 bits per heavy atom. The van der Waals surface area contributed by atoms with Gasteiger partial charge in [0.05, 0.1) is 27.2 Å². The number of carbonyl (C=O) groups is 2. The van der Waals surface area contributed by atoms with E-state index in [0.29, 0.717) is 34.5 Å². The van der Waals surface area contributed by atoms with E-state index in [1.54, 1.807) is 68.4 Å². The summed E-state index contributed by atoms with van der Waals surface area (Å²) in [6.45, 7) is 9.32. The number of ether oxygens (including phenoxy) is 1. The van der Waals surface area contributed by atoms with Gasteiger partial charge < -0.3 is 15.0 Å². The van der Waals surface area contributed by atoms with Crippen molar-refractivity contribution in [1.82, 2.24) is 10.2 Å². The van der Waals surface area contributed by atoms with Gasteiger partial charge in [0, 0.05) is 13.1 Å². The van der Waals surface area contributed by atoms with Crippen LogP contribution >= 0.6 is 23.2 Å². The topological polar surface area (TPSA) is 96.0 Å². The molecule has 3 rings (SSSR count). The van der Waals surface area contributed by atoms with E-state index in [1.165, 1.54) is 17.0 Å². The molecule has 0 saturated carbocycles. The van der Waals surface area contributed by atoms with E-state index in [-0.39, 0.29) is 29.0 Å². The van der Waals surface area contributed by atoms with Crippen LogP contribution in [0.1, 0.15) is 38.8 Å². The molecule has 42 heavy (non-hydrogen) atoms. The van der Waals surface area contributed by atoms with Crippen LogP contribution in [-0.4, -0.2) is 50.9 Å². The van der Waals surface area contributed by atoms with Gasteiger partial charge in [-0.25, -0.2) is 8.42 Å². The molecule has 1 atom stereocenters. The second-order valence-electron chi connectivity index (χ2n) is 10.3. The average molecular weight is 635 g/mol. The molecule has 3 aromatic rings.